The number of hydrogen-bond donors (Lipinski definition) is 0. The fraction of sp³-hybridized carbons (Fsp3) is 0.625. The number of nitrogens with zero attached hydrogens (tertiary/aromatic N) is 3. The average Bonchev–Trinajstić information content (AvgIpc) is 2.96. The average molecular weight is 273 g/mol. The number of aromatic nitrogens is 1. The van der Waals surface area contributed by atoms with Gasteiger partial charge in [0.2, 0.25) is 6.41 Å². The first-order valence-electron chi connectivity index (χ1n) is 7.73. The molecule has 0 N–H and O–H groups in total. The monoisotopic (exact) mass is 273 g/mol. The van der Waals surface area contributed by atoms with E-state index in [0.717, 1.165) is 50.4 Å². The van der Waals surface area contributed by atoms with Crippen molar-refractivity contribution in [1.29, 1.82) is 0 Å². The highest BCUT2D eigenvalue weighted by Crippen LogP contribution is 2.33. The minimum atomic E-state index is 0.232. The van der Waals surface area contributed by atoms with Gasteiger partial charge in [-0.15, -0.1) is 0 Å². The zero-order valence-corrected chi connectivity index (χ0v) is 12.2. The molecule has 4 nitrogen and oxygen atoms in total. The molecule has 0 bridgehead atoms. The molecule has 3 heterocycles. The normalized spacial score (nSPS) is 23.1. The van der Waals surface area contributed by atoms with Gasteiger partial charge in [0, 0.05) is 25.3 Å². The minimum Gasteiger partial charge on any atom is -0.357 e. The van der Waals surface area contributed by atoms with Gasteiger partial charge in [0.15, 0.2) is 0 Å². The van der Waals surface area contributed by atoms with Gasteiger partial charge in [0.25, 0.3) is 0 Å². The topological polar surface area (TPSA) is 36.4 Å². The second-order valence-corrected chi connectivity index (χ2v) is 5.89. The maximum Gasteiger partial charge on any atom is 0.210 e. The molecule has 0 unspecified atom stereocenters. The van der Waals surface area contributed by atoms with Gasteiger partial charge >= 0.3 is 0 Å². The van der Waals surface area contributed by atoms with Crippen molar-refractivity contribution < 1.29 is 4.79 Å². The van der Waals surface area contributed by atoms with Crippen molar-refractivity contribution in [2.75, 3.05) is 24.5 Å². The lowest BCUT2D eigenvalue weighted by Crippen LogP contribution is -2.30. The molecule has 0 spiro atoms. The first-order chi connectivity index (χ1) is 9.79. The molecule has 3 rings (SSSR count). The molecule has 0 aromatic carbocycles. The summed E-state index contributed by atoms with van der Waals surface area (Å²) in [6.45, 7) is 5.19. The third-order valence-corrected chi connectivity index (χ3v) is 4.58. The molecule has 1 atom stereocenters. The lowest BCUT2D eigenvalue weighted by atomic mass is 10.0. The van der Waals surface area contributed by atoms with E-state index in [1.54, 1.807) is 0 Å². The number of rotatable bonds is 3. The molecule has 2 aliphatic heterocycles. The highest BCUT2D eigenvalue weighted by atomic mass is 16.1. The van der Waals surface area contributed by atoms with E-state index in [-0.39, 0.29) is 6.04 Å². The van der Waals surface area contributed by atoms with Gasteiger partial charge in [-0.1, -0.05) is 6.07 Å². The Hall–Kier alpha value is -1.58. The first kappa shape index (κ1) is 13.4. The van der Waals surface area contributed by atoms with E-state index < -0.39 is 0 Å². The van der Waals surface area contributed by atoms with Crippen molar-refractivity contribution in [2.45, 2.75) is 45.1 Å². The fourth-order valence-electron chi connectivity index (χ4n) is 3.46. The van der Waals surface area contributed by atoms with E-state index in [4.69, 9.17) is 4.98 Å². The number of anilines is 1. The summed E-state index contributed by atoms with van der Waals surface area (Å²) in [5.74, 6) is 1.10. The number of pyridine rings is 1. The van der Waals surface area contributed by atoms with Crippen LogP contribution in [0.15, 0.2) is 12.1 Å². The Morgan fingerprint density at radius 3 is 2.65 bits per heavy atom. The van der Waals surface area contributed by atoms with Crippen LogP contribution in [-0.4, -0.2) is 35.9 Å². The molecular formula is C16H23N3O. The van der Waals surface area contributed by atoms with Crippen LogP contribution in [0.1, 0.15) is 49.4 Å². The highest BCUT2D eigenvalue weighted by Gasteiger charge is 2.26. The number of carbonyl (C=O) groups is 1. The summed E-state index contributed by atoms with van der Waals surface area (Å²) in [4.78, 5) is 20.2. The Balaban J connectivity index is 1.81. The summed E-state index contributed by atoms with van der Waals surface area (Å²) in [6.07, 6.45) is 7.01. The van der Waals surface area contributed by atoms with Crippen LogP contribution < -0.4 is 4.90 Å². The lowest BCUT2D eigenvalue weighted by molar-refractivity contribution is -0.118. The lowest BCUT2D eigenvalue weighted by Gasteiger charge is -2.29. The molecule has 0 aliphatic carbocycles. The molecule has 2 aliphatic rings. The number of hydrogen-bond acceptors (Lipinski definition) is 3. The largest absolute Gasteiger partial charge is 0.357 e. The van der Waals surface area contributed by atoms with Crippen LogP contribution in [0.2, 0.25) is 0 Å². The molecular weight excluding hydrogens is 250 g/mol. The van der Waals surface area contributed by atoms with Crippen LogP contribution in [0.25, 0.3) is 0 Å². The highest BCUT2D eigenvalue weighted by molar-refractivity contribution is 5.51. The van der Waals surface area contributed by atoms with Crippen LogP contribution in [0.3, 0.4) is 0 Å². The predicted octanol–water partition coefficient (Wildman–Crippen LogP) is 2.67. The van der Waals surface area contributed by atoms with Crippen molar-refractivity contribution in [3.8, 4) is 0 Å². The predicted molar refractivity (Wildman–Crippen MR) is 79.8 cm³/mol. The quantitative estimate of drug-likeness (QED) is 0.794. The van der Waals surface area contributed by atoms with Crippen molar-refractivity contribution in [3.05, 3.63) is 23.4 Å². The molecule has 108 valence electrons. The molecule has 1 aromatic heterocycles. The first-order valence-corrected chi connectivity index (χ1v) is 7.73. The third-order valence-electron chi connectivity index (χ3n) is 4.58. The van der Waals surface area contributed by atoms with E-state index in [9.17, 15) is 4.79 Å². The fourth-order valence-corrected chi connectivity index (χ4v) is 3.46. The van der Waals surface area contributed by atoms with E-state index >= 15 is 0 Å². The zero-order valence-electron chi connectivity index (χ0n) is 12.2. The van der Waals surface area contributed by atoms with E-state index in [0.29, 0.717) is 0 Å². The maximum absolute atomic E-state index is 11.1. The minimum absolute atomic E-state index is 0.232. The number of carbonyl (C=O) groups excluding carboxylic acids is 1. The van der Waals surface area contributed by atoms with Crippen molar-refractivity contribution in [1.82, 2.24) is 9.88 Å². The van der Waals surface area contributed by atoms with Crippen molar-refractivity contribution in [2.24, 2.45) is 0 Å². The zero-order chi connectivity index (χ0) is 13.9. The van der Waals surface area contributed by atoms with Gasteiger partial charge < -0.3 is 9.80 Å². The Morgan fingerprint density at radius 1 is 1.15 bits per heavy atom. The van der Waals surface area contributed by atoms with Gasteiger partial charge in [0.1, 0.15) is 5.82 Å². The Bertz CT molecular complexity index is 483. The Labute approximate surface area is 120 Å². The summed E-state index contributed by atoms with van der Waals surface area (Å²) < 4.78 is 0. The second-order valence-electron chi connectivity index (χ2n) is 5.89. The Kier molecular flexibility index (Phi) is 3.90. The number of amides is 1. The molecule has 1 aromatic rings. The summed E-state index contributed by atoms with van der Waals surface area (Å²) in [5, 5.41) is 0. The van der Waals surface area contributed by atoms with Gasteiger partial charge in [-0.25, -0.2) is 4.98 Å². The smallest absolute Gasteiger partial charge is 0.210 e. The Morgan fingerprint density at radius 2 is 1.95 bits per heavy atom. The summed E-state index contributed by atoms with van der Waals surface area (Å²) >= 11 is 0. The molecule has 1 amide bonds. The van der Waals surface area contributed by atoms with Crippen LogP contribution in [0, 0.1) is 6.92 Å². The number of likely N-dealkylation sites (tertiary alicyclic amines) is 1. The molecule has 4 heteroatoms. The van der Waals surface area contributed by atoms with Crippen LogP contribution in [0.5, 0.6) is 0 Å². The van der Waals surface area contributed by atoms with Gasteiger partial charge in [0.05, 0.1) is 6.04 Å². The van der Waals surface area contributed by atoms with Crippen LogP contribution in [0.4, 0.5) is 5.82 Å². The molecule has 0 saturated carbocycles. The van der Waals surface area contributed by atoms with E-state index in [1.165, 1.54) is 24.8 Å². The SMILES string of the molecule is Cc1nc(N2CCCCC2)ccc1[C@H]1CCCN1C=O. The van der Waals surface area contributed by atoms with Gasteiger partial charge in [-0.2, -0.15) is 0 Å². The molecule has 0 radical (unpaired) electrons. The summed E-state index contributed by atoms with van der Waals surface area (Å²) in [7, 11) is 0. The molecule has 2 fully saturated rings. The number of aryl methyl sites for hydroxylation is 1. The van der Waals surface area contributed by atoms with Gasteiger partial charge in [-0.3, -0.25) is 4.79 Å². The van der Waals surface area contributed by atoms with E-state index in [1.807, 2.05) is 4.90 Å². The molecule has 20 heavy (non-hydrogen) atoms. The third kappa shape index (κ3) is 2.51. The standard InChI is InChI=1S/C16H23N3O/c1-13-14(15-6-5-11-19(15)12-20)7-8-16(17-13)18-9-3-2-4-10-18/h7-8,12,15H,2-6,9-11H2,1H3/t15-/m1/s1. The van der Waals surface area contributed by atoms with Crippen molar-refractivity contribution >= 4 is 12.2 Å². The summed E-state index contributed by atoms with van der Waals surface area (Å²) in [6, 6.07) is 4.55. The maximum atomic E-state index is 11.1. The van der Waals surface area contributed by atoms with Crippen LogP contribution in [-0.2, 0) is 4.79 Å². The second kappa shape index (κ2) is 5.81. The molecule has 2 saturated heterocycles. The van der Waals surface area contributed by atoms with Crippen molar-refractivity contribution in [3.63, 3.8) is 0 Å². The van der Waals surface area contributed by atoms with E-state index in [2.05, 4.69) is 24.0 Å². The summed E-state index contributed by atoms with van der Waals surface area (Å²) in [5.41, 5.74) is 2.29. The van der Waals surface area contributed by atoms with Crippen LogP contribution >= 0.6 is 0 Å². The number of piperidine rings is 1. The van der Waals surface area contributed by atoms with Gasteiger partial charge in [-0.05, 0) is 50.7 Å².